The van der Waals surface area contributed by atoms with Crippen LogP contribution in [-0.2, 0) is 10.0 Å². The standard InChI is InChI=1S/C7H16ClN3O3S/c8-3-1-2-6-15(13,14)11-5-4-10-7(9)12/h11H,1-6H2,(H3,9,10,12). The van der Waals surface area contributed by atoms with Crippen molar-refractivity contribution in [3.05, 3.63) is 0 Å². The maximum absolute atomic E-state index is 11.3. The van der Waals surface area contributed by atoms with Crippen LogP contribution in [0.2, 0.25) is 0 Å². The summed E-state index contributed by atoms with van der Waals surface area (Å²) in [6.45, 7) is 0.330. The van der Waals surface area contributed by atoms with Gasteiger partial charge >= 0.3 is 6.03 Å². The van der Waals surface area contributed by atoms with E-state index in [2.05, 4.69) is 10.0 Å². The van der Waals surface area contributed by atoms with E-state index in [1.165, 1.54) is 0 Å². The summed E-state index contributed by atoms with van der Waals surface area (Å²) < 4.78 is 24.8. The van der Waals surface area contributed by atoms with Gasteiger partial charge in [-0.25, -0.2) is 17.9 Å². The van der Waals surface area contributed by atoms with E-state index in [1.54, 1.807) is 0 Å². The Labute approximate surface area is 94.6 Å². The molecule has 0 saturated heterocycles. The molecule has 0 rings (SSSR count). The molecular formula is C7H16ClN3O3S. The molecule has 0 bridgehead atoms. The molecule has 0 fully saturated rings. The topological polar surface area (TPSA) is 101 Å². The van der Waals surface area contributed by atoms with Gasteiger partial charge in [0.05, 0.1) is 5.75 Å². The number of unbranched alkanes of at least 4 members (excludes halogenated alkanes) is 1. The summed E-state index contributed by atoms with van der Waals surface area (Å²) in [6.07, 6.45) is 1.20. The fourth-order valence-electron chi connectivity index (χ4n) is 0.851. The van der Waals surface area contributed by atoms with E-state index in [9.17, 15) is 13.2 Å². The quantitative estimate of drug-likeness (QED) is 0.407. The van der Waals surface area contributed by atoms with Gasteiger partial charge in [0.25, 0.3) is 0 Å². The highest BCUT2D eigenvalue weighted by Crippen LogP contribution is 1.95. The smallest absolute Gasteiger partial charge is 0.312 e. The maximum Gasteiger partial charge on any atom is 0.312 e. The highest BCUT2D eigenvalue weighted by molar-refractivity contribution is 7.89. The van der Waals surface area contributed by atoms with Crippen molar-refractivity contribution in [2.75, 3.05) is 24.7 Å². The molecule has 15 heavy (non-hydrogen) atoms. The highest BCUT2D eigenvalue weighted by atomic mass is 35.5. The number of nitrogens with two attached hydrogens (primary N) is 1. The minimum atomic E-state index is -3.25. The lowest BCUT2D eigenvalue weighted by Crippen LogP contribution is -2.37. The fraction of sp³-hybridized carbons (Fsp3) is 0.857. The van der Waals surface area contributed by atoms with Crippen molar-refractivity contribution in [3.8, 4) is 0 Å². The first-order valence-corrected chi connectivity index (χ1v) is 6.73. The van der Waals surface area contributed by atoms with Gasteiger partial charge in [-0.2, -0.15) is 0 Å². The van der Waals surface area contributed by atoms with Gasteiger partial charge in [0.1, 0.15) is 0 Å². The summed E-state index contributed by atoms with van der Waals surface area (Å²) in [5.74, 6) is 0.509. The Bertz CT molecular complexity index is 281. The molecule has 2 amide bonds. The number of halogens is 1. The summed E-state index contributed by atoms with van der Waals surface area (Å²) in [5.41, 5.74) is 4.80. The van der Waals surface area contributed by atoms with E-state index < -0.39 is 16.1 Å². The zero-order valence-electron chi connectivity index (χ0n) is 8.33. The van der Waals surface area contributed by atoms with Crippen molar-refractivity contribution in [2.24, 2.45) is 5.73 Å². The largest absolute Gasteiger partial charge is 0.352 e. The van der Waals surface area contributed by atoms with Crippen LogP contribution < -0.4 is 15.8 Å². The minimum Gasteiger partial charge on any atom is -0.352 e. The normalized spacial score (nSPS) is 11.3. The van der Waals surface area contributed by atoms with E-state index in [4.69, 9.17) is 17.3 Å². The van der Waals surface area contributed by atoms with Gasteiger partial charge in [0.2, 0.25) is 10.0 Å². The zero-order valence-corrected chi connectivity index (χ0v) is 9.90. The third-order valence-corrected chi connectivity index (χ3v) is 3.28. The van der Waals surface area contributed by atoms with Crippen LogP contribution >= 0.6 is 11.6 Å². The molecule has 0 aromatic rings. The highest BCUT2D eigenvalue weighted by Gasteiger charge is 2.08. The number of sulfonamides is 1. The Morgan fingerprint density at radius 3 is 2.47 bits per heavy atom. The third-order valence-electron chi connectivity index (χ3n) is 1.54. The first-order valence-electron chi connectivity index (χ1n) is 4.54. The molecule has 0 atom stereocenters. The van der Waals surface area contributed by atoms with Gasteiger partial charge in [0.15, 0.2) is 0 Å². The van der Waals surface area contributed by atoms with Crippen molar-refractivity contribution in [1.82, 2.24) is 10.0 Å². The number of carbonyl (C=O) groups is 1. The van der Waals surface area contributed by atoms with Crippen LogP contribution in [0.5, 0.6) is 0 Å². The Kier molecular flexibility index (Phi) is 7.45. The first kappa shape index (κ1) is 14.5. The van der Waals surface area contributed by atoms with Crippen LogP contribution in [0, 0.1) is 0 Å². The molecule has 6 nitrogen and oxygen atoms in total. The fourth-order valence-corrected chi connectivity index (χ4v) is 2.18. The predicted molar refractivity (Wildman–Crippen MR) is 59.3 cm³/mol. The van der Waals surface area contributed by atoms with Crippen molar-refractivity contribution >= 4 is 27.7 Å². The molecule has 0 aromatic carbocycles. The Balaban J connectivity index is 3.60. The molecule has 0 radical (unpaired) electrons. The van der Waals surface area contributed by atoms with Gasteiger partial charge in [-0.1, -0.05) is 0 Å². The molecule has 0 aliphatic heterocycles. The Hall–Kier alpha value is -0.530. The molecule has 0 unspecified atom stereocenters. The van der Waals surface area contributed by atoms with Crippen LogP contribution in [0.3, 0.4) is 0 Å². The molecule has 0 spiro atoms. The number of nitrogens with one attached hydrogen (secondary N) is 2. The Morgan fingerprint density at radius 1 is 1.27 bits per heavy atom. The monoisotopic (exact) mass is 257 g/mol. The second-order valence-corrected chi connectivity index (χ2v) is 5.20. The van der Waals surface area contributed by atoms with E-state index in [0.29, 0.717) is 18.7 Å². The van der Waals surface area contributed by atoms with Crippen LogP contribution in [0.1, 0.15) is 12.8 Å². The summed E-state index contributed by atoms with van der Waals surface area (Å²) in [7, 11) is -3.25. The molecule has 0 heterocycles. The number of hydrogen-bond acceptors (Lipinski definition) is 3. The maximum atomic E-state index is 11.3. The summed E-state index contributed by atoms with van der Waals surface area (Å²) in [6, 6.07) is -0.670. The SMILES string of the molecule is NC(=O)NCCNS(=O)(=O)CCCCCl. The van der Waals surface area contributed by atoms with E-state index in [0.717, 1.165) is 0 Å². The van der Waals surface area contributed by atoms with Crippen LogP contribution in [0.15, 0.2) is 0 Å². The second kappa shape index (κ2) is 7.72. The predicted octanol–water partition coefficient (Wildman–Crippen LogP) is -0.407. The van der Waals surface area contributed by atoms with E-state index in [1.807, 2.05) is 0 Å². The van der Waals surface area contributed by atoms with Gasteiger partial charge in [-0.3, -0.25) is 0 Å². The molecule has 90 valence electrons. The Morgan fingerprint density at radius 2 is 1.93 bits per heavy atom. The molecule has 0 aromatic heterocycles. The van der Waals surface area contributed by atoms with Gasteiger partial charge in [-0.05, 0) is 12.8 Å². The first-order chi connectivity index (χ1) is 6.98. The summed E-state index contributed by atoms with van der Waals surface area (Å²) >= 11 is 5.42. The number of alkyl halides is 1. The van der Waals surface area contributed by atoms with E-state index >= 15 is 0 Å². The van der Waals surface area contributed by atoms with Crippen molar-refractivity contribution in [3.63, 3.8) is 0 Å². The number of hydrogen-bond donors (Lipinski definition) is 3. The average molecular weight is 258 g/mol. The molecule has 4 N–H and O–H groups in total. The lowest BCUT2D eigenvalue weighted by atomic mass is 10.4. The molecule has 8 heteroatoms. The van der Waals surface area contributed by atoms with Crippen molar-refractivity contribution < 1.29 is 13.2 Å². The zero-order chi connectivity index (χ0) is 11.7. The minimum absolute atomic E-state index is 0.0519. The summed E-state index contributed by atoms with van der Waals surface area (Å²) in [5, 5.41) is 2.28. The number of amides is 2. The van der Waals surface area contributed by atoms with Crippen molar-refractivity contribution in [2.45, 2.75) is 12.8 Å². The van der Waals surface area contributed by atoms with Gasteiger partial charge < -0.3 is 11.1 Å². The number of rotatable bonds is 8. The third kappa shape index (κ3) is 9.77. The molecule has 0 aliphatic rings. The lowest BCUT2D eigenvalue weighted by molar-refractivity contribution is 0.249. The number of carbonyl (C=O) groups excluding carboxylic acids is 1. The molecule has 0 saturated carbocycles. The van der Waals surface area contributed by atoms with Crippen molar-refractivity contribution in [1.29, 1.82) is 0 Å². The van der Waals surface area contributed by atoms with Gasteiger partial charge in [-0.15, -0.1) is 11.6 Å². The van der Waals surface area contributed by atoms with Crippen LogP contribution in [0.4, 0.5) is 4.79 Å². The molecule has 0 aliphatic carbocycles. The number of urea groups is 1. The average Bonchev–Trinajstić information content (AvgIpc) is 2.13. The molecular weight excluding hydrogens is 242 g/mol. The van der Waals surface area contributed by atoms with Gasteiger partial charge in [0, 0.05) is 19.0 Å². The lowest BCUT2D eigenvalue weighted by Gasteiger charge is -2.06. The second-order valence-electron chi connectivity index (χ2n) is 2.90. The summed E-state index contributed by atoms with van der Waals surface area (Å²) in [4.78, 5) is 10.3. The van der Waals surface area contributed by atoms with Crippen LogP contribution in [0.25, 0.3) is 0 Å². The van der Waals surface area contributed by atoms with E-state index in [-0.39, 0.29) is 18.8 Å². The number of primary amides is 1. The van der Waals surface area contributed by atoms with Crippen LogP contribution in [-0.4, -0.2) is 39.2 Å².